The molecule has 0 amide bonds. The smallest absolute Gasteiger partial charge is 0.207 e. The summed E-state index contributed by atoms with van der Waals surface area (Å²) in [7, 11) is -7.92. The molecule has 0 saturated heterocycles. The topological polar surface area (TPSA) is 68.3 Å². The maximum atomic E-state index is 13.4. The van der Waals surface area contributed by atoms with E-state index in [-0.39, 0.29) is 11.8 Å². The summed E-state index contributed by atoms with van der Waals surface area (Å²) < 4.78 is 53.5. The monoisotopic (exact) mass is 640 g/mol. The van der Waals surface area contributed by atoms with E-state index in [1.54, 1.807) is 48.5 Å². The Morgan fingerprint density at radius 3 is 0.911 bits per heavy atom. The molecule has 45 heavy (non-hydrogen) atoms. The fourth-order valence-corrected chi connectivity index (χ4v) is 11.9. The van der Waals surface area contributed by atoms with E-state index in [4.69, 9.17) is 0 Å². The molecule has 0 N–H and O–H groups in total. The highest BCUT2D eigenvalue weighted by molar-refractivity contribution is 7.92. The predicted molar refractivity (Wildman–Crippen MR) is 179 cm³/mol. The van der Waals surface area contributed by atoms with Crippen molar-refractivity contribution in [1.29, 1.82) is 0 Å². The molecular formula is C38H28O4S2Si. The molecule has 0 spiro atoms. The lowest BCUT2D eigenvalue weighted by Crippen LogP contribution is -2.27. The second-order valence-electron chi connectivity index (χ2n) is 11.7. The first kappa shape index (κ1) is 27.9. The molecule has 0 atom stereocenters. The van der Waals surface area contributed by atoms with Gasteiger partial charge in [-0.2, -0.15) is 0 Å². The largest absolute Gasteiger partial charge is 0.218 e. The van der Waals surface area contributed by atoms with Crippen molar-refractivity contribution in [3.8, 4) is 0 Å². The molecule has 8 rings (SSSR count). The number of fused-ring (bicyclic) bond motifs is 4. The van der Waals surface area contributed by atoms with E-state index in [0.717, 1.165) is 33.4 Å². The van der Waals surface area contributed by atoms with Crippen LogP contribution in [-0.4, -0.2) is 26.4 Å². The van der Waals surface area contributed by atoms with E-state index < -0.39 is 29.2 Å². The zero-order valence-electron chi connectivity index (χ0n) is 24.2. The summed E-state index contributed by atoms with van der Waals surface area (Å²) in [5, 5.41) is 2.58. The summed E-state index contributed by atoms with van der Waals surface area (Å²) in [6.07, 6.45) is 0. The SMILES string of the molecule is O=S1(=O)c2ccccc2C(c2ccc([SiH2]c3ccc(C4c5ccccc5S(=O)(=O)c5ccccc54)cc3)cc2)c2ccccc21. The van der Waals surface area contributed by atoms with Gasteiger partial charge in [-0.25, -0.2) is 16.8 Å². The van der Waals surface area contributed by atoms with E-state index in [0.29, 0.717) is 19.6 Å². The summed E-state index contributed by atoms with van der Waals surface area (Å²) in [6, 6.07) is 46.6. The van der Waals surface area contributed by atoms with Crippen LogP contribution in [0.2, 0.25) is 0 Å². The number of benzene rings is 6. The minimum Gasteiger partial charge on any atom is -0.218 e. The van der Waals surface area contributed by atoms with Gasteiger partial charge >= 0.3 is 0 Å². The second kappa shape index (κ2) is 10.5. The van der Waals surface area contributed by atoms with Crippen LogP contribution in [-0.2, 0) is 19.7 Å². The Balaban J connectivity index is 1.10. The first-order valence-electron chi connectivity index (χ1n) is 14.9. The maximum absolute atomic E-state index is 13.4. The Kier molecular flexibility index (Phi) is 6.53. The Hall–Kier alpha value is -4.56. The van der Waals surface area contributed by atoms with Crippen LogP contribution in [0.5, 0.6) is 0 Å². The molecule has 0 saturated carbocycles. The third-order valence-corrected chi connectivity index (χ3v) is 14.7. The van der Waals surface area contributed by atoms with Gasteiger partial charge in [0, 0.05) is 11.8 Å². The van der Waals surface area contributed by atoms with Crippen LogP contribution in [0.4, 0.5) is 0 Å². The van der Waals surface area contributed by atoms with Gasteiger partial charge in [0.15, 0.2) is 0 Å². The Morgan fingerprint density at radius 2 is 0.622 bits per heavy atom. The first-order chi connectivity index (χ1) is 21.8. The standard InChI is InChI=1S/C38H28O4S2Si/c39-43(40)33-13-5-1-9-29(33)37(30-10-2-6-14-34(30)43)25-17-21-27(22-18-25)45-28-23-19-26(20-24-28)38-31-11-3-7-15-35(31)44(41,42)36-16-8-4-12-32(36)38/h1-24,37-38H,45H2. The highest BCUT2D eigenvalue weighted by Crippen LogP contribution is 2.46. The Bertz CT molecular complexity index is 2060. The second-order valence-corrected chi connectivity index (χ2v) is 17.4. The predicted octanol–water partition coefficient (Wildman–Crippen LogP) is 5.46. The molecule has 6 aromatic rings. The Labute approximate surface area is 265 Å². The fourth-order valence-electron chi connectivity index (χ4n) is 7.04. The van der Waals surface area contributed by atoms with E-state index in [1.165, 1.54) is 10.4 Å². The molecule has 0 fully saturated rings. The van der Waals surface area contributed by atoms with Gasteiger partial charge in [-0.15, -0.1) is 0 Å². The number of hydrogen-bond donors (Lipinski definition) is 0. The highest BCUT2D eigenvalue weighted by atomic mass is 32.2. The lowest BCUT2D eigenvalue weighted by atomic mass is 9.85. The number of hydrogen-bond acceptors (Lipinski definition) is 4. The molecule has 2 aliphatic rings. The first-order valence-corrected chi connectivity index (χ1v) is 19.3. The van der Waals surface area contributed by atoms with Crippen LogP contribution in [0.1, 0.15) is 45.2 Å². The Morgan fingerprint density at radius 1 is 0.356 bits per heavy atom. The van der Waals surface area contributed by atoms with Gasteiger partial charge in [-0.05, 0) is 57.6 Å². The van der Waals surface area contributed by atoms with E-state index in [2.05, 4.69) is 48.5 Å². The molecule has 220 valence electrons. The molecule has 6 aromatic carbocycles. The average molecular weight is 641 g/mol. The van der Waals surface area contributed by atoms with Crippen LogP contribution in [0.25, 0.3) is 0 Å². The highest BCUT2D eigenvalue weighted by Gasteiger charge is 2.37. The summed E-state index contributed by atoms with van der Waals surface area (Å²) in [5.41, 5.74) is 5.40. The van der Waals surface area contributed by atoms with Gasteiger partial charge < -0.3 is 0 Å². The molecule has 0 bridgehead atoms. The summed E-state index contributed by atoms with van der Waals surface area (Å²) in [5.74, 6) is -0.304. The molecule has 4 nitrogen and oxygen atoms in total. The van der Waals surface area contributed by atoms with Gasteiger partial charge in [0.05, 0.1) is 29.1 Å². The molecule has 0 aromatic heterocycles. The van der Waals surface area contributed by atoms with Gasteiger partial charge in [-0.1, -0.05) is 132 Å². The van der Waals surface area contributed by atoms with Crippen molar-refractivity contribution in [1.82, 2.24) is 0 Å². The van der Waals surface area contributed by atoms with Gasteiger partial charge in [0.2, 0.25) is 19.7 Å². The molecule has 2 aliphatic heterocycles. The van der Waals surface area contributed by atoms with Crippen LogP contribution < -0.4 is 10.4 Å². The summed E-state index contributed by atoms with van der Waals surface area (Å²) in [6.45, 7) is 0. The van der Waals surface area contributed by atoms with E-state index in [9.17, 15) is 16.8 Å². The quantitative estimate of drug-likeness (QED) is 0.240. The lowest BCUT2D eigenvalue weighted by Gasteiger charge is -2.29. The number of sulfone groups is 2. The molecule has 0 unspecified atom stereocenters. The fraction of sp³-hybridized carbons (Fsp3) is 0.0526. The van der Waals surface area contributed by atoms with Gasteiger partial charge in [0.1, 0.15) is 0 Å². The minimum absolute atomic E-state index is 0.152. The van der Waals surface area contributed by atoms with Crippen molar-refractivity contribution in [2.45, 2.75) is 31.4 Å². The molecular weight excluding hydrogens is 613 g/mol. The zero-order valence-corrected chi connectivity index (χ0v) is 27.2. The zero-order chi connectivity index (χ0) is 30.8. The maximum Gasteiger partial charge on any atom is 0.207 e. The van der Waals surface area contributed by atoms with Gasteiger partial charge in [-0.3, -0.25) is 0 Å². The van der Waals surface area contributed by atoms with Crippen molar-refractivity contribution in [3.63, 3.8) is 0 Å². The molecule has 2 heterocycles. The van der Waals surface area contributed by atoms with E-state index >= 15 is 0 Å². The molecule has 0 aliphatic carbocycles. The normalized spacial score (nSPS) is 16.2. The van der Waals surface area contributed by atoms with Crippen molar-refractivity contribution >= 4 is 39.6 Å². The molecule has 7 heteroatoms. The van der Waals surface area contributed by atoms with Crippen LogP contribution in [0.15, 0.2) is 165 Å². The van der Waals surface area contributed by atoms with E-state index in [1.807, 2.05) is 48.5 Å². The average Bonchev–Trinajstić information content (AvgIpc) is 3.07. The van der Waals surface area contributed by atoms with Crippen LogP contribution in [0.3, 0.4) is 0 Å². The van der Waals surface area contributed by atoms with Crippen molar-refractivity contribution in [3.05, 3.63) is 179 Å². The molecule has 0 radical (unpaired) electrons. The minimum atomic E-state index is -3.56. The number of rotatable bonds is 4. The van der Waals surface area contributed by atoms with Crippen molar-refractivity contribution in [2.24, 2.45) is 0 Å². The van der Waals surface area contributed by atoms with Crippen LogP contribution >= 0.6 is 0 Å². The van der Waals surface area contributed by atoms with Gasteiger partial charge in [0.25, 0.3) is 0 Å². The lowest BCUT2D eigenvalue weighted by molar-refractivity contribution is 0.587. The third kappa shape index (κ3) is 4.45. The van der Waals surface area contributed by atoms with Crippen molar-refractivity contribution in [2.75, 3.05) is 0 Å². The third-order valence-electron chi connectivity index (χ3n) is 9.11. The van der Waals surface area contributed by atoms with Crippen molar-refractivity contribution < 1.29 is 16.8 Å². The summed E-state index contributed by atoms with van der Waals surface area (Å²) >= 11 is 0. The summed E-state index contributed by atoms with van der Waals surface area (Å²) in [4.78, 5) is 1.53. The van der Waals surface area contributed by atoms with Crippen LogP contribution in [0, 0.1) is 0 Å².